The second-order valence-electron chi connectivity index (χ2n) is 7.19. The molecule has 27 heavy (non-hydrogen) atoms. The molecule has 0 bridgehead atoms. The number of fused-ring (bicyclic) bond motifs is 2. The van der Waals surface area contributed by atoms with Crippen LogP contribution in [-0.2, 0) is 4.79 Å². The standard InChI is InChI=1S/C21H19ClN4O/c22-14-5-6-16-15(13-14)19(7-10-23-16)26-11-8-21(9-12-26)20(27)24-17-3-1-2-4-18(17)25-21/h1-7,10,13,25H,8-9,11-12H2,(H,24,27). The molecule has 0 unspecified atom stereocenters. The van der Waals surface area contributed by atoms with Gasteiger partial charge in [0, 0.05) is 35.4 Å². The molecule has 0 atom stereocenters. The predicted molar refractivity (Wildman–Crippen MR) is 110 cm³/mol. The van der Waals surface area contributed by atoms with E-state index in [2.05, 4.69) is 20.5 Å². The minimum absolute atomic E-state index is 0.0588. The Morgan fingerprint density at radius 2 is 1.81 bits per heavy atom. The van der Waals surface area contributed by atoms with Crippen LogP contribution in [0.25, 0.3) is 10.9 Å². The summed E-state index contributed by atoms with van der Waals surface area (Å²) in [7, 11) is 0. The van der Waals surface area contributed by atoms with E-state index in [0.29, 0.717) is 5.02 Å². The highest BCUT2D eigenvalue weighted by molar-refractivity contribution is 6.31. The number of halogens is 1. The molecule has 3 aromatic rings. The average molecular weight is 379 g/mol. The molecule has 5 nitrogen and oxygen atoms in total. The lowest BCUT2D eigenvalue weighted by atomic mass is 9.84. The molecule has 5 rings (SSSR count). The summed E-state index contributed by atoms with van der Waals surface area (Å²) in [6.07, 6.45) is 3.30. The van der Waals surface area contributed by atoms with E-state index in [-0.39, 0.29) is 5.91 Å². The maximum atomic E-state index is 12.8. The van der Waals surface area contributed by atoms with Crippen LogP contribution in [0.3, 0.4) is 0 Å². The van der Waals surface area contributed by atoms with Crippen molar-refractivity contribution in [2.75, 3.05) is 28.6 Å². The summed E-state index contributed by atoms with van der Waals surface area (Å²) in [6, 6.07) is 15.7. The van der Waals surface area contributed by atoms with Crippen molar-refractivity contribution in [3.05, 3.63) is 59.8 Å². The van der Waals surface area contributed by atoms with Crippen molar-refractivity contribution in [3.63, 3.8) is 0 Å². The summed E-state index contributed by atoms with van der Waals surface area (Å²) in [6.45, 7) is 1.57. The van der Waals surface area contributed by atoms with Crippen molar-refractivity contribution < 1.29 is 4.79 Å². The van der Waals surface area contributed by atoms with Crippen molar-refractivity contribution in [2.24, 2.45) is 0 Å². The number of hydrogen-bond donors (Lipinski definition) is 2. The van der Waals surface area contributed by atoms with Gasteiger partial charge in [-0.3, -0.25) is 9.78 Å². The fraction of sp³-hybridized carbons (Fsp3) is 0.238. The molecule has 0 saturated carbocycles. The van der Waals surface area contributed by atoms with E-state index in [1.807, 2.05) is 54.7 Å². The Balaban J connectivity index is 1.43. The maximum Gasteiger partial charge on any atom is 0.250 e. The van der Waals surface area contributed by atoms with Crippen LogP contribution in [0.1, 0.15) is 12.8 Å². The highest BCUT2D eigenvalue weighted by Crippen LogP contribution is 2.38. The van der Waals surface area contributed by atoms with E-state index in [4.69, 9.17) is 11.6 Å². The number of amides is 1. The van der Waals surface area contributed by atoms with Gasteiger partial charge < -0.3 is 15.5 Å². The molecule has 0 aliphatic carbocycles. The zero-order valence-electron chi connectivity index (χ0n) is 14.7. The van der Waals surface area contributed by atoms with Crippen LogP contribution in [0.2, 0.25) is 5.02 Å². The molecule has 1 aromatic heterocycles. The lowest BCUT2D eigenvalue weighted by molar-refractivity contribution is -0.121. The highest BCUT2D eigenvalue weighted by Gasteiger charge is 2.44. The van der Waals surface area contributed by atoms with Gasteiger partial charge in [-0.2, -0.15) is 0 Å². The monoisotopic (exact) mass is 378 g/mol. The molecule has 2 N–H and O–H groups in total. The Bertz CT molecular complexity index is 1040. The first-order valence-corrected chi connectivity index (χ1v) is 9.50. The minimum Gasteiger partial charge on any atom is -0.371 e. The molecule has 6 heteroatoms. The summed E-state index contributed by atoms with van der Waals surface area (Å²) in [5.74, 6) is 0.0588. The van der Waals surface area contributed by atoms with Crippen LogP contribution >= 0.6 is 11.6 Å². The Hall–Kier alpha value is -2.79. The van der Waals surface area contributed by atoms with Gasteiger partial charge in [-0.15, -0.1) is 0 Å². The van der Waals surface area contributed by atoms with Crippen molar-refractivity contribution in [1.29, 1.82) is 0 Å². The molecule has 2 aliphatic rings. The smallest absolute Gasteiger partial charge is 0.250 e. The van der Waals surface area contributed by atoms with E-state index in [1.165, 1.54) is 0 Å². The van der Waals surface area contributed by atoms with Crippen LogP contribution < -0.4 is 15.5 Å². The SMILES string of the molecule is O=C1Nc2ccccc2NC12CCN(c1ccnc3ccc(Cl)cc13)CC2. The number of anilines is 3. The largest absolute Gasteiger partial charge is 0.371 e. The number of nitrogens with one attached hydrogen (secondary N) is 2. The average Bonchev–Trinajstić information content (AvgIpc) is 2.69. The topological polar surface area (TPSA) is 57.3 Å². The van der Waals surface area contributed by atoms with Crippen LogP contribution in [0, 0.1) is 0 Å². The quantitative estimate of drug-likeness (QED) is 0.663. The minimum atomic E-state index is -0.550. The van der Waals surface area contributed by atoms with E-state index < -0.39 is 5.54 Å². The normalized spacial score (nSPS) is 18.1. The Morgan fingerprint density at radius 3 is 2.63 bits per heavy atom. The van der Waals surface area contributed by atoms with Gasteiger partial charge >= 0.3 is 0 Å². The zero-order chi connectivity index (χ0) is 18.4. The van der Waals surface area contributed by atoms with E-state index in [0.717, 1.165) is 53.9 Å². The molecule has 2 aromatic carbocycles. The lowest BCUT2D eigenvalue weighted by Gasteiger charge is -2.45. The van der Waals surface area contributed by atoms with Crippen LogP contribution in [0.5, 0.6) is 0 Å². The molecule has 0 radical (unpaired) electrons. The lowest BCUT2D eigenvalue weighted by Crippen LogP contribution is -2.58. The molecular weight excluding hydrogens is 360 g/mol. The Kier molecular flexibility index (Phi) is 3.72. The first-order chi connectivity index (χ1) is 13.1. The third-order valence-corrected chi connectivity index (χ3v) is 5.86. The van der Waals surface area contributed by atoms with Gasteiger partial charge in [0.25, 0.3) is 0 Å². The fourth-order valence-corrected chi connectivity index (χ4v) is 4.29. The van der Waals surface area contributed by atoms with E-state index in [1.54, 1.807) is 0 Å². The molecule has 136 valence electrons. The molecule has 1 fully saturated rings. The summed E-state index contributed by atoms with van der Waals surface area (Å²) < 4.78 is 0. The molecule has 3 heterocycles. The van der Waals surface area contributed by atoms with Gasteiger partial charge in [0.2, 0.25) is 5.91 Å². The number of benzene rings is 2. The molecular formula is C21H19ClN4O. The first-order valence-electron chi connectivity index (χ1n) is 9.13. The number of para-hydroxylation sites is 2. The number of pyridine rings is 1. The van der Waals surface area contributed by atoms with Gasteiger partial charge in [-0.05, 0) is 49.2 Å². The van der Waals surface area contributed by atoms with Crippen molar-refractivity contribution in [3.8, 4) is 0 Å². The number of nitrogens with zero attached hydrogens (tertiary/aromatic N) is 2. The summed E-state index contributed by atoms with van der Waals surface area (Å²) in [5.41, 5.74) is 3.34. The molecule has 1 spiro atoms. The van der Waals surface area contributed by atoms with Gasteiger partial charge in [0.1, 0.15) is 5.54 Å². The number of rotatable bonds is 1. The molecule has 1 saturated heterocycles. The zero-order valence-corrected chi connectivity index (χ0v) is 15.5. The van der Waals surface area contributed by atoms with Crippen LogP contribution in [0.15, 0.2) is 54.7 Å². The Labute approximate surface area is 162 Å². The van der Waals surface area contributed by atoms with Crippen molar-refractivity contribution in [2.45, 2.75) is 18.4 Å². The second-order valence-corrected chi connectivity index (χ2v) is 7.62. The predicted octanol–water partition coefficient (Wildman–Crippen LogP) is 4.29. The fourth-order valence-electron chi connectivity index (χ4n) is 4.12. The van der Waals surface area contributed by atoms with E-state index in [9.17, 15) is 4.79 Å². The van der Waals surface area contributed by atoms with Gasteiger partial charge in [0.05, 0.1) is 16.9 Å². The second kappa shape index (κ2) is 6.13. The van der Waals surface area contributed by atoms with Gasteiger partial charge in [-0.1, -0.05) is 23.7 Å². The number of aromatic nitrogens is 1. The van der Waals surface area contributed by atoms with Crippen LogP contribution in [0.4, 0.5) is 17.1 Å². The van der Waals surface area contributed by atoms with Gasteiger partial charge in [0.15, 0.2) is 0 Å². The summed E-state index contributed by atoms with van der Waals surface area (Å²) in [5, 5.41) is 8.33. The number of piperidine rings is 1. The highest BCUT2D eigenvalue weighted by atomic mass is 35.5. The maximum absolute atomic E-state index is 12.8. The number of carbonyl (C=O) groups is 1. The van der Waals surface area contributed by atoms with Gasteiger partial charge in [-0.25, -0.2) is 0 Å². The summed E-state index contributed by atoms with van der Waals surface area (Å²) in [4.78, 5) is 19.6. The number of hydrogen-bond acceptors (Lipinski definition) is 4. The van der Waals surface area contributed by atoms with Crippen LogP contribution in [-0.4, -0.2) is 29.5 Å². The van der Waals surface area contributed by atoms with Crippen molar-refractivity contribution in [1.82, 2.24) is 4.98 Å². The molecule has 1 amide bonds. The Morgan fingerprint density at radius 1 is 1.04 bits per heavy atom. The van der Waals surface area contributed by atoms with Crippen molar-refractivity contribution >= 4 is 45.5 Å². The first kappa shape index (κ1) is 16.4. The van der Waals surface area contributed by atoms with E-state index >= 15 is 0 Å². The molecule has 2 aliphatic heterocycles. The number of carbonyl (C=O) groups excluding carboxylic acids is 1. The summed E-state index contributed by atoms with van der Waals surface area (Å²) >= 11 is 6.20. The third kappa shape index (κ3) is 2.70. The third-order valence-electron chi connectivity index (χ3n) is 5.62.